The summed E-state index contributed by atoms with van der Waals surface area (Å²) in [6, 6.07) is 9.03. The number of nitrogens with zero attached hydrogens (tertiary/aromatic N) is 6. The average Bonchev–Trinajstić information content (AvgIpc) is 3.43. The van der Waals surface area contributed by atoms with Crippen LogP contribution in [0, 0.1) is 5.82 Å². The van der Waals surface area contributed by atoms with Gasteiger partial charge in [-0.1, -0.05) is 35.3 Å². The lowest BCUT2D eigenvalue weighted by molar-refractivity contribution is -0.274. The van der Waals surface area contributed by atoms with Crippen molar-refractivity contribution in [1.29, 1.82) is 0 Å². The highest BCUT2D eigenvalue weighted by Crippen LogP contribution is 2.46. The molecule has 0 spiro atoms. The van der Waals surface area contributed by atoms with E-state index in [2.05, 4.69) is 40.7 Å². The number of H-pyrrole nitrogens is 1. The Labute approximate surface area is 318 Å². The molecule has 3 aromatic heterocycles. The summed E-state index contributed by atoms with van der Waals surface area (Å²) in [5.74, 6) is -3.84. The first-order chi connectivity index (χ1) is 26.0. The van der Waals surface area contributed by atoms with Gasteiger partial charge in [0.25, 0.3) is 11.8 Å². The molecule has 2 aliphatic rings. The molecule has 3 atom stereocenters. The van der Waals surface area contributed by atoms with Crippen molar-refractivity contribution >= 4 is 52.6 Å². The van der Waals surface area contributed by atoms with Crippen LogP contribution in [0.25, 0.3) is 11.3 Å². The van der Waals surface area contributed by atoms with Crippen LogP contribution < -0.4 is 20.3 Å². The standard InChI is InChI=1S/C35H29Cl2F4N9O5/c1-17(51)28(30(53)46-34(9-10-34)26-8-7-24(47-48-26)19-14-43-44-15-19)45-29(52)25-16-42-32-49(20-11-22(36)27(38)23(37)12-20)31(54)33(2,50(25)32)13-18-3-5-21(6-4-18)55-35(39,40)41/h3-8,11-12,14-17,28,51H,9-10,13H2,1-2H3,(H,43,44)(H,45,52)(H,46,53)/t17-,28-,33+/m0/s1. The maximum atomic E-state index is 14.4. The highest BCUT2D eigenvalue weighted by atomic mass is 35.5. The van der Waals surface area contributed by atoms with Gasteiger partial charge in [-0.2, -0.15) is 15.3 Å². The first-order valence-corrected chi connectivity index (χ1v) is 17.3. The molecule has 0 bridgehead atoms. The molecule has 4 N–H and O–H groups in total. The lowest BCUT2D eigenvalue weighted by Gasteiger charge is -2.28. The van der Waals surface area contributed by atoms with Crippen molar-refractivity contribution in [3.63, 3.8) is 0 Å². The summed E-state index contributed by atoms with van der Waals surface area (Å²) >= 11 is 12.1. The smallest absolute Gasteiger partial charge is 0.406 e. The SMILES string of the molecule is C[C@H](O)[C@H](NC(=O)c1cnc2n1[C@](C)(Cc1ccc(OC(F)(F)F)cc1)C(=O)N2c1cc(Cl)c(F)c(Cl)c1)C(=O)NC1(c2ccc(-c3cn[nH]c3)nn2)CC1. The number of nitrogens with one attached hydrogen (secondary N) is 3. The van der Waals surface area contributed by atoms with Gasteiger partial charge >= 0.3 is 6.36 Å². The number of hydrogen-bond acceptors (Lipinski definition) is 9. The number of imidazole rings is 1. The molecular weight excluding hydrogens is 773 g/mol. The average molecular weight is 803 g/mol. The zero-order valence-corrected chi connectivity index (χ0v) is 30.2. The molecule has 0 saturated heterocycles. The molecule has 3 amide bonds. The second-order valence-corrected chi connectivity index (χ2v) is 14.2. The molecule has 55 heavy (non-hydrogen) atoms. The molecule has 0 unspecified atom stereocenters. The summed E-state index contributed by atoms with van der Waals surface area (Å²) in [6.07, 6.45) is -1.10. The van der Waals surface area contributed by atoms with Gasteiger partial charge in [0.15, 0.2) is 5.82 Å². The van der Waals surface area contributed by atoms with Gasteiger partial charge in [0.2, 0.25) is 11.9 Å². The number of rotatable bonds is 11. The van der Waals surface area contributed by atoms with Gasteiger partial charge in [0.05, 0.1) is 51.2 Å². The van der Waals surface area contributed by atoms with Gasteiger partial charge in [0, 0.05) is 18.2 Å². The number of carbonyl (C=O) groups is 3. The van der Waals surface area contributed by atoms with Crippen molar-refractivity contribution in [3.05, 3.63) is 99.9 Å². The van der Waals surface area contributed by atoms with Gasteiger partial charge in [-0.25, -0.2) is 14.3 Å². The van der Waals surface area contributed by atoms with Crippen molar-refractivity contribution < 1.29 is 41.8 Å². The van der Waals surface area contributed by atoms with Gasteiger partial charge in [-0.05, 0) is 68.7 Å². The summed E-state index contributed by atoms with van der Waals surface area (Å²) in [5, 5.41) is 30.5. The number of benzene rings is 2. The molecular formula is C35H29Cl2F4N9O5. The second-order valence-electron chi connectivity index (χ2n) is 13.3. The fourth-order valence-corrected chi connectivity index (χ4v) is 6.95. The number of anilines is 2. The van der Waals surface area contributed by atoms with E-state index in [1.54, 1.807) is 24.5 Å². The highest BCUT2D eigenvalue weighted by Gasteiger charge is 2.52. The van der Waals surface area contributed by atoms with Gasteiger partial charge < -0.3 is 20.5 Å². The van der Waals surface area contributed by atoms with E-state index < -0.39 is 68.9 Å². The number of ether oxygens (including phenoxy) is 1. The Hall–Kier alpha value is -5.59. The number of alkyl halides is 3. The molecule has 20 heteroatoms. The van der Waals surface area contributed by atoms with Gasteiger partial charge in [0.1, 0.15) is 23.0 Å². The van der Waals surface area contributed by atoms with Crippen molar-refractivity contribution in [3.8, 4) is 17.0 Å². The van der Waals surface area contributed by atoms with E-state index in [9.17, 15) is 37.1 Å². The van der Waals surface area contributed by atoms with Crippen LogP contribution in [0.4, 0.5) is 29.2 Å². The minimum Gasteiger partial charge on any atom is -0.406 e. The number of hydrogen-bond donors (Lipinski definition) is 4. The molecule has 1 aliphatic heterocycles. The van der Waals surface area contributed by atoms with E-state index in [1.165, 1.54) is 30.5 Å². The number of aromatic nitrogens is 6. The maximum absolute atomic E-state index is 14.4. The first-order valence-electron chi connectivity index (χ1n) is 16.6. The van der Waals surface area contributed by atoms with Crippen LogP contribution in [-0.4, -0.2) is 71.3 Å². The lowest BCUT2D eigenvalue weighted by atomic mass is 9.91. The van der Waals surface area contributed by atoms with Crippen LogP contribution in [0.2, 0.25) is 10.0 Å². The predicted molar refractivity (Wildman–Crippen MR) is 188 cm³/mol. The van der Waals surface area contributed by atoms with E-state index >= 15 is 0 Å². The number of fused-ring (bicyclic) bond motifs is 1. The third-order valence-electron chi connectivity index (χ3n) is 9.38. The number of carbonyl (C=O) groups excluding carboxylic acids is 3. The zero-order chi connectivity index (χ0) is 39.4. The predicted octanol–water partition coefficient (Wildman–Crippen LogP) is 5.33. The van der Waals surface area contributed by atoms with Crippen LogP contribution in [0.3, 0.4) is 0 Å². The quantitative estimate of drug-likeness (QED) is 0.102. The van der Waals surface area contributed by atoms with Crippen molar-refractivity contribution in [2.24, 2.45) is 0 Å². The molecule has 1 fully saturated rings. The third kappa shape index (κ3) is 7.19. The van der Waals surface area contributed by atoms with Crippen molar-refractivity contribution in [2.45, 2.75) is 62.7 Å². The van der Waals surface area contributed by atoms with Crippen LogP contribution in [0.15, 0.2) is 67.1 Å². The molecule has 7 rings (SSSR count). The second kappa shape index (κ2) is 13.9. The molecule has 1 aliphatic carbocycles. The lowest BCUT2D eigenvalue weighted by Crippen LogP contribution is -2.55. The Bertz CT molecular complexity index is 2260. The Morgan fingerprint density at radius 1 is 1.07 bits per heavy atom. The van der Waals surface area contributed by atoms with E-state index in [0.717, 1.165) is 40.9 Å². The normalized spacial score (nSPS) is 18.4. The minimum absolute atomic E-state index is 0.00900. The highest BCUT2D eigenvalue weighted by molar-refractivity contribution is 6.35. The summed E-state index contributed by atoms with van der Waals surface area (Å²) in [5.41, 5.74) is -0.672. The summed E-state index contributed by atoms with van der Waals surface area (Å²) in [7, 11) is 0. The Balaban J connectivity index is 1.18. The number of halogens is 6. The van der Waals surface area contributed by atoms with Crippen molar-refractivity contribution in [1.82, 2.24) is 40.6 Å². The summed E-state index contributed by atoms with van der Waals surface area (Å²) in [6.45, 7) is 2.78. The molecule has 4 heterocycles. The molecule has 0 radical (unpaired) electrons. The van der Waals surface area contributed by atoms with E-state index in [4.69, 9.17) is 23.2 Å². The minimum atomic E-state index is -4.93. The van der Waals surface area contributed by atoms with Gasteiger partial charge in [-0.3, -0.25) is 24.0 Å². The van der Waals surface area contributed by atoms with Crippen LogP contribution in [0.5, 0.6) is 5.75 Å². The Kier molecular flexibility index (Phi) is 9.55. The molecule has 2 aromatic carbocycles. The zero-order valence-electron chi connectivity index (χ0n) is 28.7. The molecule has 286 valence electrons. The molecule has 5 aromatic rings. The van der Waals surface area contributed by atoms with E-state index in [-0.39, 0.29) is 23.8 Å². The maximum Gasteiger partial charge on any atom is 0.573 e. The molecule has 14 nitrogen and oxygen atoms in total. The van der Waals surface area contributed by atoms with E-state index in [1.807, 2.05) is 0 Å². The number of aliphatic hydroxyl groups is 1. The number of aliphatic hydroxyl groups excluding tert-OH is 1. The van der Waals surface area contributed by atoms with Crippen LogP contribution >= 0.6 is 23.2 Å². The number of amides is 3. The van der Waals surface area contributed by atoms with Crippen LogP contribution in [0.1, 0.15) is 48.4 Å². The topological polar surface area (TPSA) is 180 Å². The fraction of sp³-hybridized carbons (Fsp3) is 0.286. The third-order valence-corrected chi connectivity index (χ3v) is 9.93. The fourth-order valence-electron chi connectivity index (χ4n) is 6.48. The van der Waals surface area contributed by atoms with Crippen molar-refractivity contribution in [2.75, 3.05) is 4.90 Å². The first kappa shape index (κ1) is 37.7. The van der Waals surface area contributed by atoms with E-state index in [0.29, 0.717) is 29.8 Å². The Morgan fingerprint density at radius 3 is 2.33 bits per heavy atom. The van der Waals surface area contributed by atoms with Crippen LogP contribution in [-0.2, 0) is 27.1 Å². The monoisotopic (exact) mass is 801 g/mol. The Morgan fingerprint density at radius 2 is 1.76 bits per heavy atom. The molecule has 1 saturated carbocycles. The largest absolute Gasteiger partial charge is 0.573 e. The summed E-state index contributed by atoms with van der Waals surface area (Å²) < 4.78 is 58.1. The summed E-state index contributed by atoms with van der Waals surface area (Å²) in [4.78, 5) is 47.5. The number of aromatic amines is 1. The van der Waals surface area contributed by atoms with Gasteiger partial charge in [-0.15, -0.1) is 13.2 Å².